The summed E-state index contributed by atoms with van der Waals surface area (Å²) in [6.45, 7) is 4.04. The highest BCUT2D eigenvalue weighted by atomic mass is 79.9. The number of nitriles is 1. The van der Waals surface area contributed by atoms with E-state index in [1.165, 1.54) is 13.0 Å². The molecule has 0 heterocycles. The normalized spacial score (nSPS) is 10.8. The van der Waals surface area contributed by atoms with Crippen molar-refractivity contribution in [1.82, 2.24) is 0 Å². The van der Waals surface area contributed by atoms with Crippen molar-refractivity contribution in [3.63, 3.8) is 0 Å². The summed E-state index contributed by atoms with van der Waals surface area (Å²) in [6, 6.07) is 21.8. The molecular weight excluding hydrogens is 496 g/mol. The van der Waals surface area contributed by atoms with Gasteiger partial charge in [0.25, 0.3) is 5.91 Å². The first-order valence-corrected chi connectivity index (χ1v) is 11.4. The zero-order valence-corrected chi connectivity index (χ0v) is 20.4. The van der Waals surface area contributed by atoms with Crippen LogP contribution in [0.3, 0.4) is 0 Å². The number of nitrogens with one attached hydrogen (secondary N) is 1. The smallest absolute Gasteiger partial charge is 0.266 e. The Morgan fingerprint density at radius 3 is 2.44 bits per heavy atom. The predicted molar refractivity (Wildman–Crippen MR) is 135 cm³/mol. The highest BCUT2D eigenvalue weighted by Gasteiger charge is 2.16. The first kappa shape index (κ1) is 24.7. The Morgan fingerprint density at radius 2 is 1.76 bits per heavy atom. The Morgan fingerprint density at radius 1 is 1.06 bits per heavy atom. The first-order chi connectivity index (χ1) is 16.4. The lowest BCUT2D eigenvalue weighted by molar-refractivity contribution is -0.112. The Hall–Kier alpha value is -3.89. The molecule has 0 saturated carbocycles. The van der Waals surface area contributed by atoms with Gasteiger partial charge in [-0.1, -0.05) is 42.5 Å². The number of carbonyl (C=O) groups excluding carboxylic acids is 2. The summed E-state index contributed by atoms with van der Waals surface area (Å²) >= 11 is 3.51. The molecule has 0 atom stereocenters. The van der Waals surface area contributed by atoms with Gasteiger partial charge in [0.1, 0.15) is 18.2 Å². The van der Waals surface area contributed by atoms with E-state index in [1.54, 1.807) is 36.4 Å². The van der Waals surface area contributed by atoms with Gasteiger partial charge in [-0.05, 0) is 71.2 Å². The molecule has 0 aliphatic carbocycles. The molecule has 0 saturated heterocycles. The molecule has 0 bridgehead atoms. The van der Waals surface area contributed by atoms with E-state index in [-0.39, 0.29) is 11.4 Å². The minimum atomic E-state index is -0.616. The third-order valence-corrected chi connectivity index (χ3v) is 5.38. The highest BCUT2D eigenvalue weighted by molar-refractivity contribution is 9.10. The van der Waals surface area contributed by atoms with E-state index >= 15 is 0 Å². The number of Topliss-reactive ketones (excluding diaryl/α,β-unsaturated/α-hetero) is 1. The number of para-hydroxylation sites is 1. The Bertz CT molecular complexity index is 1260. The molecule has 0 fully saturated rings. The summed E-state index contributed by atoms with van der Waals surface area (Å²) in [5.41, 5.74) is 2.19. The molecule has 34 heavy (non-hydrogen) atoms. The van der Waals surface area contributed by atoms with Crippen LogP contribution in [0.4, 0.5) is 5.69 Å². The topological polar surface area (TPSA) is 88.4 Å². The molecule has 172 valence electrons. The number of rotatable bonds is 9. The number of anilines is 1. The fourth-order valence-electron chi connectivity index (χ4n) is 3.21. The summed E-state index contributed by atoms with van der Waals surface area (Å²) in [5.74, 6) is 0.212. The van der Waals surface area contributed by atoms with Gasteiger partial charge in [0.15, 0.2) is 17.3 Å². The van der Waals surface area contributed by atoms with Crippen molar-refractivity contribution >= 4 is 39.4 Å². The average Bonchev–Trinajstić information content (AvgIpc) is 2.83. The zero-order chi connectivity index (χ0) is 24.5. The van der Waals surface area contributed by atoms with Crippen molar-refractivity contribution in [2.45, 2.75) is 20.5 Å². The number of carbonyl (C=O) groups is 2. The molecule has 3 aromatic rings. The van der Waals surface area contributed by atoms with Crippen LogP contribution < -0.4 is 14.8 Å². The number of ether oxygens (including phenoxy) is 2. The highest BCUT2D eigenvalue weighted by Crippen LogP contribution is 2.38. The van der Waals surface area contributed by atoms with Crippen LogP contribution >= 0.6 is 15.9 Å². The van der Waals surface area contributed by atoms with Crippen molar-refractivity contribution in [3.8, 4) is 17.6 Å². The number of hydrogen-bond donors (Lipinski definition) is 1. The van der Waals surface area contributed by atoms with Crippen molar-refractivity contribution in [2.24, 2.45) is 0 Å². The van der Waals surface area contributed by atoms with E-state index in [2.05, 4.69) is 21.2 Å². The number of ketones is 1. The van der Waals surface area contributed by atoms with Crippen LogP contribution in [-0.4, -0.2) is 18.3 Å². The lowest BCUT2D eigenvalue weighted by atomic mass is 10.1. The van der Waals surface area contributed by atoms with Crippen LogP contribution in [0.5, 0.6) is 11.5 Å². The second-order valence-electron chi connectivity index (χ2n) is 7.26. The largest absolute Gasteiger partial charge is 0.490 e. The lowest BCUT2D eigenvalue weighted by Crippen LogP contribution is -2.15. The molecule has 6 nitrogen and oxygen atoms in total. The SMILES string of the molecule is CCOc1cc(/C=C(/C#N)C(=O)Nc2ccccc2C(C)=O)cc(Br)c1OCc1ccccc1. The molecule has 7 heteroatoms. The Kier molecular flexibility index (Phi) is 8.60. The van der Waals surface area contributed by atoms with Gasteiger partial charge >= 0.3 is 0 Å². The quantitative estimate of drug-likeness (QED) is 0.207. The lowest BCUT2D eigenvalue weighted by Gasteiger charge is -2.15. The molecule has 1 N–H and O–H groups in total. The van der Waals surface area contributed by atoms with Crippen LogP contribution in [0.15, 0.2) is 76.8 Å². The number of benzene rings is 3. The predicted octanol–water partition coefficient (Wildman–Crippen LogP) is 6.18. The molecule has 0 aliphatic heterocycles. The summed E-state index contributed by atoms with van der Waals surface area (Å²) < 4.78 is 12.4. The maximum atomic E-state index is 12.8. The van der Waals surface area contributed by atoms with Crippen molar-refractivity contribution < 1.29 is 19.1 Å². The fourth-order valence-corrected chi connectivity index (χ4v) is 3.78. The fraction of sp³-hybridized carbons (Fsp3) is 0.148. The van der Waals surface area contributed by atoms with Crippen LogP contribution in [0.25, 0.3) is 6.08 Å². The Balaban J connectivity index is 1.87. The van der Waals surface area contributed by atoms with Crippen molar-refractivity contribution in [1.29, 1.82) is 5.26 Å². The van der Waals surface area contributed by atoms with Crippen molar-refractivity contribution in [3.05, 3.63) is 93.5 Å². The summed E-state index contributed by atoms with van der Waals surface area (Å²) in [7, 11) is 0. The van der Waals surface area contributed by atoms with Gasteiger partial charge in [0, 0.05) is 5.56 Å². The zero-order valence-electron chi connectivity index (χ0n) is 18.8. The molecule has 0 radical (unpaired) electrons. The molecule has 3 aromatic carbocycles. The van der Waals surface area contributed by atoms with E-state index in [9.17, 15) is 14.9 Å². The molecule has 0 unspecified atom stereocenters. The summed E-state index contributed by atoms with van der Waals surface area (Å²) in [4.78, 5) is 24.6. The van der Waals surface area contributed by atoms with Crippen LogP contribution in [-0.2, 0) is 11.4 Å². The van der Waals surface area contributed by atoms with Gasteiger partial charge in [-0.15, -0.1) is 0 Å². The van der Waals surface area contributed by atoms with Gasteiger partial charge in [-0.25, -0.2) is 0 Å². The summed E-state index contributed by atoms with van der Waals surface area (Å²) in [5, 5.41) is 12.3. The van der Waals surface area contributed by atoms with E-state index < -0.39 is 5.91 Å². The van der Waals surface area contributed by atoms with Crippen LogP contribution in [0, 0.1) is 11.3 Å². The monoisotopic (exact) mass is 518 g/mol. The minimum Gasteiger partial charge on any atom is -0.490 e. The van der Waals surface area contributed by atoms with Crippen molar-refractivity contribution in [2.75, 3.05) is 11.9 Å². The van der Waals surface area contributed by atoms with E-state index in [0.717, 1.165) is 5.56 Å². The molecular formula is C27H23BrN2O4. The molecule has 0 aliphatic rings. The number of amides is 1. The van der Waals surface area contributed by atoms with E-state index in [0.29, 0.717) is 46.0 Å². The number of nitrogens with zero attached hydrogens (tertiary/aromatic N) is 1. The van der Waals surface area contributed by atoms with E-state index in [1.807, 2.05) is 43.3 Å². The van der Waals surface area contributed by atoms with Gasteiger partial charge < -0.3 is 14.8 Å². The van der Waals surface area contributed by atoms with Crippen LogP contribution in [0.2, 0.25) is 0 Å². The average molecular weight is 519 g/mol. The molecule has 1 amide bonds. The van der Waals surface area contributed by atoms with E-state index in [4.69, 9.17) is 9.47 Å². The summed E-state index contributed by atoms with van der Waals surface area (Å²) in [6.07, 6.45) is 1.46. The third kappa shape index (κ3) is 6.33. The van der Waals surface area contributed by atoms with Gasteiger partial charge in [-0.2, -0.15) is 5.26 Å². The van der Waals surface area contributed by atoms with Crippen LogP contribution in [0.1, 0.15) is 35.3 Å². The third-order valence-electron chi connectivity index (χ3n) is 4.79. The maximum absolute atomic E-state index is 12.8. The standard InChI is InChI=1S/C27H23BrN2O4/c1-3-33-25-15-20(14-23(28)26(25)34-17-19-9-5-4-6-10-19)13-21(16-29)27(32)30-24-12-8-7-11-22(24)18(2)31/h4-15H,3,17H2,1-2H3,(H,30,32)/b21-13-. The molecule has 0 aromatic heterocycles. The maximum Gasteiger partial charge on any atom is 0.266 e. The molecule has 3 rings (SSSR count). The van der Waals surface area contributed by atoms with Gasteiger partial charge in [0.2, 0.25) is 0 Å². The molecule has 0 spiro atoms. The second-order valence-corrected chi connectivity index (χ2v) is 8.12. The first-order valence-electron chi connectivity index (χ1n) is 10.6. The number of hydrogen-bond acceptors (Lipinski definition) is 5. The number of halogens is 1. The van der Waals surface area contributed by atoms with Gasteiger partial charge in [0.05, 0.1) is 16.8 Å². The second kappa shape index (κ2) is 11.8. The Labute approximate surface area is 207 Å². The minimum absolute atomic E-state index is 0.120. The van der Waals surface area contributed by atoms with Gasteiger partial charge in [-0.3, -0.25) is 9.59 Å².